The molecule has 0 saturated carbocycles. The number of nitrogens with zero attached hydrogens (tertiary/aromatic N) is 1. The van der Waals surface area contributed by atoms with Crippen molar-refractivity contribution in [2.75, 3.05) is 24.6 Å². The lowest BCUT2D eigenvalue weighted by atomic mass is 10.1. The minimum absolute atomic E-state index is 0.116. The summed E-state index contributed by atoms with van der Waals surface area (Å²) in [5.74, 6) is 0. The fourth-order valence-corrected chi connectivity index (χ4v) is 2.69. The molecule has 1 fully saturated rings. The van der Waals surface area contributed by atoms with Gasteiger partial charge in [0.15, 0.2) is 0 Å². The molecular weight excluding hydrogens is 252 g/mol. The van der Waals surface area contributed by atoms with Gasteiger partial charge in [0.1, 0.15) is 0 Å². The van der Waals surface area contributed by atoms with E-state index in [9.17, 15) is 0 Å². The molecule has 4 heteroatoms. The van der Waals surface area contributed by atoms with Crippen LogP contribution in [0.5, 0.6) is 0 Å². The van der Waals surface area contributed by atoms with E-state index in [1.54, 1.807) is 0 Å². The second kappa shape index (κ2) is 7.07. The molecule has 2 N–H and O–H groups in total. The van der Waals surface area contributed by atoms with Gasteiger partial charge in [0.05, 0.1) is 18.8 Å². The minimum atomic E-state index is 0.116. The van der Waals surface area contributed by atoms with Crippen molar-refractivity contribution in [3.05, 3.63) is 29.8 Å². The lowest BCUT2D eigenvalue weighted by Gasteiger charge is -2.38. The van der Waals surface area contributed by atoms with Crippen LogP contribution in [-0.4, -0.2) is 43.1 Å². The summed E-state index contributed by atoms with van der Waals surface area (Å²) in [6, 6.07) is 8.59. The van der Waals surface area contributed by atoms with Crippen LogP contribution in [0.4, 0.5) is 5.69 Å². The molecule has 0 amide bonds. The first-order chi connectivity index (χ1) is 9.60. The molecule has 1 aromatic carbocycles. The first-order valence-electron chi connectivity index (χ1n) is 7.42. The predicted molar refractivity (Wildman–Crippen MR) is 82.1 cm³/mol. The van der Waals surface area contributed by atoms with E-state index in [2.05, 4.69) is 48.3 Å². The monoisotopic (exact) mass is 278 g/mol. The highest BCUT2D eigenvalue weighted by Gasteiger charge is 2.23. The van der Waals surface area contributed by atoms with Gasteiger partial charge in [-0.25, -0.2) is 0 Å². The van der Waals surface area contributed by atoms with Gasteiger partial charge in [-0.3, -0.25) is 0 Å². The Morgan fingerprint density at radius 1 is 1.30 bits per heavy atom. The number of aliphatic hydroxyl groups is 1. The van der Waals surface area contributed by atoms with E-state index in [1.807, 2.05) is 6.92 Å². The first-order valence-corrected chi connectivity index (χ1v) is 7.42. The van der Waals surface area contributed by atoms with Crippen molar-refractivity contribution in [2.45, 2.75) is 45.6 Å². The van der Waals surface area contributed by atoms with Crippen LogP contribution in [0.25, 0.3) is 0 Å². The minimum Gasteiger partial charge on any atom is -0.395 e. The maximum absolute atomic E-state index is 9.11. The molecule has 112 valence electrons. The van der Waals surface area contributed by atoms with Crippen molar-refractivity contribution in [1.29, 1.82) is 0 Å². The zero-order valence-corrected chi connectivity index (χ0v) is 12.7. The maximum Gasteiger partial charge on any atom is 0.0726 e. The molecule has 3 atom stereocenters. The number of morpholine rings is 1. The molecule has 0 radical (unpaired) electrons. The molecular formula is C16H26N2O2. The summed E-state index contributed by atoms with van der Waals surface area (Å²) >= 11 is 0. The van der Waals surface area contributed by atoms with Crippen molar-refractivity contribution in [3.63, 3.8) is 0 Å². The molecule has 0 aliphatic carbocycles. The average Bonchev–Trinajstić information content (AvgIpc) is 2.44. The van der Waals surface area contributed by atoms with E-state index in [-0.39, 0.29) is 24.9 Å². The van der Waals surface area contributed by atoms with Crippen molar-refractivity contribution in [3.8, 4) is 0 Å². The fourth-order valence-electron chi connectivity index (χ4n) is 2.69. The Hall–Kier alpha value is -1.10. The van der Waals surface area contributed by atoms with Crippen LogP contribution in [0.2, 0.25) is 0 Å². The van der Waals surface area contributed by atoms with E-state index in [4.69, 9.17) is 9.84 Å². The van der Waals surface area contributed by atoms with Gasteiger partial charge in [0, 0.05) is 31.4 Å². The molecule has 1 saturated heterocycles. The molecule has 1 aliphatic heterocycles. The van der Waals surface area contributed by atoms with Crippen molar-refractivity contribution in [1.82, 2.24) is 5.32 Å². The largest absolute Gasteiger partial charge is 0.395 e. The van der Waals surface area contributed by atoms with Gasteiger partial charge in [-0.1, -0.05) is 18.2 Å². The van der Waals surface area contributed by atoms with Crippen LogP contribution in [-0.2, 0) is 11.3 Å². The van der Waals surface area contributed by atoms with Gasteiger partial charge in [-0.15, -0.1) is 0 Å². The number of benzene rings is 1. The molecule has 1 aliphatic rings. The van der Waals surface area contributed by atoms with Crippen LogP contribution in [0.15, 0.2) is 24.3 Å². The van der Waals surface area contributed by atoms with E-state index in [0.717, 1.165) is 19.6 Å². The summed E-state index contributed by atoms with van der Waals surface area (Å²) in [5, 5.41) is 12.5. The molecule has 1 heterocycles. The molecule has 4 nitrogen and oxygen atoms in total. The molecule has 1 aromatic rings. The topological polar surface area (TPSA) is 44.7 Å². The summed E-state index contributed by atoms with van der Waals surface area (Å²) in [6.07, 6.45) is 0.521. The predicted octanol–water partition coefficient (Wildman–Crippen LogP) is 1.77. The van der Waals surface area contributed by atoms with Crippen molar-refractivity contribution >= 4 is 5.69 Å². The Morgan fingerprint density at radius 2 is 1.95 bits per heavy atom. The van der Waals surface area contributed by atoms with Crippen LogP contribution >= 0.6 is 0 Å². The third-order valence-corrected chi connectivity index (χ3v) is 3.67. The number of aliphatic hydroxyl groups excluding tert-OH is 1. The Kier molecular flexibility index (Phi) is 5.40. The lowest BCUT2D eigenvalue weighted by Crippen LogP contribution is -2.46. The van der Waals surface area contributed by atoms with E-state index in [1.165, 1.54) is 11.3 Å². The van der Waals surface area contributed by atoms with Gasteiger partial charge < -0.3 is 20.1 Å². The number of hydrogen-bond donors (Lipinski definition) is 2. The molecule has 3 unspecified atom stereocenters. The van der Waals surface area contributed by atoms with Gasteiger partial charge in [-0.05, 0) is 32.4 Å². The average molecular weight is 278 g/mol. The quantitative estimate of drug-likeness (QED) is 0.861. The van der Waals surface area contributed by atoms with Gasteiger partial charge in [0.2, 0.25) is 0 Å². The fraction of sp³-hybridized carbons (Fsp3) is 0.625. The highest BCUT2D eigenvalue weighted by atomic mass is 16.5. The van der Waals surface area contributed by atoms with E-state index in [0.29, 0.717) is 0 Å². The molecule has 0 bridgehead atoms. The highest BCUT2D eigenvalue weighted by Crippen LogP contribution is 2.24. The summed E-state index contributed by atoms with van der Waals surface area (Å²) in [5.41, 5.74) is 2.54. The van der Waals surface area contributed by atoms with Crippen LogP contribution in [0.1, 0.15) is 26.3 Å². The Bertz CT molecular complexity index is 415. The normalized spacial score (nSPS) is 24.7. The SMILES string of the molecule is CC(CO)NCc1ccccc1N1CC(C)OC(C)C1. The van der Waals surface area contributed by atoms with Crippen LogP contribution in [0.3, 0.4) is 0 Å². The summed E-state index contributed by atoms with van der Waals surface area (Å²) in [7, 11) is 0. The summed E-state index contributed by atoms with van der Waals surface area (Å²) in [4.78, 5) is 2.40. The van der Waals surface area contributed by atoms with Gasteiger partial charge in [-0.2, -0.15) is 0 Å². The third kappa shape index (κ3) is 3.95. The van der Waals surface area contributed by atoms with Crippen molar-refractivity contribution < 1.29 is 9.84 Å². The number of ether oxygens (including phenoxy) is 1. The Balaban J connectivity index is 2.10. The molecule has 0 aromatic heterocycles. The molecule has 2 rings (SSSR count). The second-order valence-corrected chi connectivity index (χ2v) is 5.76. The first kappa shape index (κ1) is 15.3. The standard InChI is InChI=1S/C16H26N2O2/c1-12(11-19)17-8-15-6-4-5-7-16(15)18-9-13(2)20-14(3)10-18/h4-7,12-14,17,19H,8-11H2,1-3H3. The smallest absolute Gasteiger partial charge is 0.0726 e. The van der Waals surface area contributed by atoms with Gasteiger partial charge >= 0.3 is 0 Å². The van der Waals surface area contributed by atoms with Gasteiger partial charge in [0.25, 0.3) is 0 Å². The third-order valence-electron chi connectivity index (χ3n) is 3.67. The van der Waals surface area contributed by atoms with Crippen molar-refractivity contribution in [2.24, 2.45) is 0 Å². The van der Waals surface area contributed by atoms with E-state index >= 15 is 0 Å². The highest BCUT2D eigenvalue weighted by molar-refractivity contribution is 5.54. The summed E-state index contributed by atoms with van der Waals surface area (Å²) in [6.45, 7) is 9.02. The Morgan fingerprint density at radius 3 is 2.60 bits per heavy atom. The van der Waals surface area contributed by atoms with Crippen LogP contribution < -0.4 is 10.2 Å². The second-order valence-electron chi connectivity index (χ2n) is 5.76. The number of anilines is 1. The number of nitrogens with one attached hydrogen (secondary N) is 1. The molecule has 0 spiro atoms. The zero-order chi connectivity index (χ0) is 14.5. The summed E-state index contributed by atoms with van der Waals surface area (Å²) < 4.78 is 5.80. The van der Waals surface area contributed by atoms with Crippen LogP contribution in [0, 0.1) is 0 Å². The maximum atomic E-state index is 9.11. The number of hydrogen-bond acceptors (Lipinski definition) is 4. The number of para-hydroxylation sites is 1. The molecule has 20 heavy (non-hydrogen) atoms. The number of rotatable bonds is 5. The van der Waals surface area contributed by atoms with E-state index < -0.39 is 0 Å². The Labute approximate surface area is 121 Å². The zero-order valence-electron chi connectivity index (χ0n) is 12.7. The lowest BCUT2D eigenvalue weighted by molar-refractivity contribution is -0.00526.